The monoisotopic (exact) mass is 249 g/mol. The first-order valence-corrected chi connectivity index (χ1v) is 6.07. The highest BCUT2D eigenvalue weighted by Gasteiger charge is 2.45. The molecular weight excluding hydrogens is 237 g/mol. The summed E-state index contributed by atoms with van der Waals surface area (Å²) in [4.78, 5) is 12.1. The van der Waals surface area contributed by atoms with E-state index in [1.165, 1.54) is 0 Å². The summed E-state index contributed by atoms with van der Waals surface area (Å²) >= 11 is 0. The normalized spacial score (nSPS) is 21.0. The van der Waals surface area contributed by atoms with Crippen molar-refractivity contribution in [2.24, 2.45) is 0 Å². The number of carbonyl (C=O) groups excluding carboxylic acids is 1. The second-order valence-electron chi connectivity index (χ2n) is 4.78. The lowest BCUT2D eigenvalue weighted by atomic mass is 9.84. The Morgan fingerprint density at radius 1 is 1.16 bits per heavy atom. The van der Waals surface area contributed by atoms with E-state index in [9.17, 15) is 9.90 Å². The van der Waals surface area contributed by atoms with Gasteiger partial charge in [-0.3, -0.25) is 4.79 Å². The van der Waals surface area contributed by atoms with Crippen molar-refractivity contribution in [3.05, 3.63) is 59.7 Å². The Hall–Kier alpha value is -2.07. The lowest BCUT2D eigenvalue weighted by Crippen LogP contribution is -2.36. The third kappa shape index (κ3) is 1.94. The maximum atomic E-state index is 12.1. The molecule has 3 nitrogen and oxygen atoms in total. The molecule has 19 heavy (non-hydrogen) atoms. The molecule has 1 amide bonds. The third-order valence-electron chi connectivity index (χ3n) is 3.42. The van der Waals surface area contributed by atoms with Crippen LogP contribution in [0.2, 0.25) is 0 Å². The molecule has 0 fully saturated rings. The molecule has 2 aromatic rings. The van der Waals surface area contributed by atoms with Gasteiger partial charge in [-0.1, -0.05) is 47.9 Å². The van der Waals surface area contributed by atoms with E-state index in [0.29, 0.717) is 16.7 Å². The van der Waals surface area contributed by atoms with Crippen LogP contribution >= 0.6 is 0 Å². The van der Waals surface area contributed by atoms with Gasteiger partial charge in [0.05, 0.1) is 0 Å². The molecule has 2 radical (unpaired) electrons. The molecule has 1 aliphatic rings. The highest BCUT2D eigenvalue weighted by Crippen LogP contribution is 2.37. The van der Waals surface area contributed by atoms with Crippen LogP contribution in [0, 0.1) is 0 Å². The van der Waals surface area contributed by atoms with Crippen LogP contribution in [-0.4, -0.2) is 18.9 Å². The van der Waals surface area contributed by atoms with Gasteiger partial charge in [0, 0.05) is 17.7 Å². The van der Waals surface area contributed by atoms with Crippen molar-refractivity contribution in [2.75, 3.05) is 5.32 Å². The van der Waals surface area contributed by atoms with Gasteiger partial charge in [-0.2, -0.15) is 0 Å². The SMILES string of the molecule is [B]c1ccc2c(c1)C(O)(Cc1ccccc1)C(=O)N2. The van der Waals surface area contributed by atoms with E-state index in [1.54, 1.807) is 18.2 Å². The van der Waals surface area contributed by atoms with Gasteiger partial charge in [0.15, 0.2) is 5.60 Å². The minimum Gasteiger partial charge on any atom is -0.375 e. The van der Waals surface area contributed by atoms with Crippen LogP contribution in [0.3, 0.4) is 0 Å². The van der Waals surface area contributed by atoms with E-state index in [1.807, 2.05) is 30.3 Å². The molecule has 2 aromatic carbocycles. The van der Waals surface area contributed by atoms with Crippen molar-refractivity contribution in [1.82, 2.24) is 0 Å². The van der Waals surface area contributed by atoms with Crippen LogP contribution in [0.5, 0.6) is 0 Å². The summed E-state index contributed by atoms with van der Waals surface area (Å²) in [6.45, 7) is 0. The van der Waals surface area contributed by atoms with Crippen LogP contribution in [0.15, 0.2) is 48.5 Å². The number of nitrogens with one attached hydrogen (secondary N) is 1. The smallest absolute Gasteiger partial charge is 0.261 e. The molecule has 0 spiro atoms. The number of benzene rings is 2. The molecule has 92 valence electrons. The highest BCUT2D eigenvalue weighted by atomic mass is 16.3. The summed E-state index contributed by atoms with van der Waals surface area (Å²) in [6.07, 6.45) is 0.232. The van der Waals surface area contributed by atoms with E-state index < -0.39 is 11.5 Å². The lowest BCUT2D eigenvalue weighted by molar-refractivity contribution is -0.133. The topological polar surface area (TPSA) is 49.3 Å². The maximum Gasteiger partial charge on any atom is 0.261 e. The molecule has 0 aliphatic carbocycles. The summed E-state index contributed by atoms with van der Waals surface area (Å²) in [5.41, 5.74) is 1.04. The van der Waals surface area contributed by atoms with Gasteiger partial charge in [-0.15, -0.1) is 0 Å². The van der Waals surface area contributed by atoms with E-state index >= 15 is 0 Å². The van der Waals surface area contributed by atoms with Gasteiger partial charge < -0.3 is 10.4 Å². The average Bonchev–Trinajstić information content (AvgIpc) is 2.64. The van der Waals surface area contributed by atoms with Crippen molar-refractivity contribution >= 4 is 24.9 Å². The van der Waals surface area contributed by atoms with Crippen LogP contribution in [0.25, 0.3) is 0 Å². The fraction of sp³-hybridized carbons (Fsp3) is 0.133. The van der Waals surface area contributed by atoms with Crippen molar-refractivity contribution < 1.29 is 9.90 Å². The van der Waals surface area contributed by atoms with Crippen LogP contribution < -0.4 is 10.8 Å². The van der Waals surface area contributed by atoms with Gasteiger partial charge in [0.25, 0.3) is 5.91 Å². The Bertz CT molecular complexity index is 642. The molecule has 1 heterocycles. The number of fused-ring (bicyclic) bond motifs is 1. The zero-order valence-corrected chi connectivity index (χ0v) is 10.3. The Kier molecular flexibility index (Phi) is 2.68. The quantitative estimate of drug-likeness (QED) is 0.775. The van der Waals surface area contributed by atoms with Gasteiger partial charge in [-0.25, -0.2) is 0 Å². The predicted molar refractivity (Wildman–Crippen MR) is 74.5 cm³/mol. The van der Waals surface area contributed by atoms with Gasteiger partial charge >= 0.3 is 0 Å². The first kappa shape index (κ1) is 12.0. The third-order valence-corrected chi connectivity index (χ3v) is 3.42. The van der Waals surface area contributed by atoms with Crippen LogP contribution in [0.1, 0.15) is 11.1 Å². The Morgan fingerprint density at radius 3 is 2.63 bits per heavy atom. The summed E-state index contributed by atoms with van der Waals surface area (Å²) in [5, 5.41) is 13.4. The number of amides is 1. The largest absolute Gasteiger partial charge is 0.375 e. The standard InChI is InChI=1S/C15H12BNO2/c16-11-6-7-13-12(8-11)15(19,14(18)17-13)9-10-4-2-1-3-5-10/h1-8,19H,9H2,(H,17,18). The second-order valence-corrected chi connectivity index (χ2v) is 4.78. The maximum absolute atomic E-state index is 12.1. The summed E-state index contributed by atoms with van der Waals surface area (Å²) in [6, 6.07) is 14.5. The van der Waals surface area contributed by atoms with E-state index in [0.717, 1.165) is 5.56 Å². The Labute approximate surface area is 112 Å². The molecule has 1 aliphatic heterocycles. The summed E-state index contributed by atoms with van der Waals surface area (Å²) in [5.74, 6) is -0.406. The van der Waals surface area contributed by atoms with Crippen molar-refractivity contribution in [1.29, 1.82) is 0 Å². The van der Waals surface area contributed by atoms with E-state index in [2.05, 4.69) is 5.32 Å². The van der Waals surface area contributed by atoms with Gasteiger partial charge in [0.1, 0.15) is 7.85 Å². The molecule has 0 saturated heterocycles. The fourth-order valence-electron chi connectivity index (χ4n) is 2.43. The predicted octanol–water partition coefficient (Wildman–Crippen LogP) is 0.863. The summed E-state index contributed by atoms with van der Waals surface area (Å²) < 4.78 is 0. The number of rotatable bonds is 2. The summed E-state index contributed by atoms with van der Waals surface area (Å²) in [7, 11) is 5.74. The molecule has 4 heteroatoms. The minimum absolute atomic E-state index is 0.232. The molecule has 0 saturated carbocycles. The number of carbonyl (C=O) groups is 1. The van der Waals surface area contributed by atoms with Crippen molar-refractivity contribution in [3.63, 3.8) is 0 Å². The number of hydrogen-bond acceptors (Lipinski definition) is 2. The van der Waals surface area contributed by atoms with E-state index in [4.69, 9.17) is 7.85 Å². The molecule has 1 atom stereocenters. The molecule has 2 N–H and O–H groups in total. The lowest BCUT2D eigenvalue weighted by Gasteiger charge is -2.21. The first-order chi connectivity index (χ1) is 9.09. The number of aliphatic hydroxyl groups is 1. The molecule has 0 bridgehead atoms. The Morgan fingerprint density at radius 2 is 1.89 bits per heavy atom. The molecule has 0 aromatic heterocycles. The molecule has 3 rings (SSSR count). The van der Waals surface area contributed by atoms with Crippen LogP contribution in [0.4, 0.5) is 5.69 Å². The van der Waals surface area contributed by atoms with E-state index in [-0.39, 0.29) is 6.42 Å². The van der Waals surface area contributed by atoms with Crippen molar-refractivity contribution in [3.8, 4) is 0 Å². The zero-order valence-electron chi connectivity index (χ0n) is 10.3. The average molecular weight is 249 g/mol. The molecule has 1 unspecified atom stereocenters. The second kappa shape index (κ2) is 4.25. The molecular formula is C15H12BNO2. The first-order valence-electron chi connectivity index (χ1n) is 6.07. The van der Waals surface area contributed by atoms with Crippen molar-refractivity contribution in [2.45, 2.75) is 12.0 Å². The van der Waals surface area contributed by atoms with Gasteiger partial charge in [0.2, 0.25) is 0 Å². The van der Waals surface area contributed by atoms with Gasteiger partial charge in [-0.05, 0) is 11.6 Å². The number of hydrogen-bond donors (Lipinski definition) is 2. The fourth-order valence-corrected chi connectivity index (χ4v) is 2.43. The Balaban J connectivity index is 2.04. The number of anilines is 1. The zero-order chi connectivity index (χ0) is 13.5. The minimum atomic E-state index is -1.55. The van der Waals surface area contributed by atoms with Crippen LogP contribution in [-0.2, 0) is 16.8 Å². The highest BCUT2D eigenvalue weighted by molar-refractivity contribution is 6.32.